The topological polar surface area (TPSA) is 72.2 Å². The molecule has 0 aliphatic rings. The second kappa shape index (κ2) is 6.58. The summed E-state index contributed by atoms with van der Waals surface area (Å²) in [5, 5.41) is 18.4. The first-order valence-corrected chi connectivity index (χ1v) is 7.29. The van der Waals surface area contributed by atoms with Gasteiger partial charge in [-0.15, -0.1) is 10.2 Å². The van der Waals surface area contributed by atoms with Gasteiger partial charge in [0.25, 0.3) is 0 Å². The zero-order valence-corrected chi connectivity index (χ0v) is 13.1. The summed E-state index contributed by atoms with van der Waals surface area (Å²) in [6.45, 7) is 0. The first kappa shape index (κ1) is 15.2. The van der Waals surface area contributed by atoms with Crippen molar-refractivity contribution in [2.45, 2.75) is 6.04 Å². The average Bonchev–Trinajstić information content (AvgIpc) is 3.08. The fourth-order valence-electron chi connectivity index (χ4n) is 2.38. The van der Waals surface area contributed by atoms with Crippen LogP contribution in [0.4, 0.5) is 0 Å². The molecular formula is C16H15ClN4O2. The van der Waals surface area contributed by atoms with Crippen LogP contribution in [0.3, 0.4) is 0 Å². The van der Waals surface area contributed by atoms with E-state index >= 15 is 0 Å². The summed E-state index contributed by atoms with van der Waals surface area (Å²) in [5.41, 5.74) is 4.70. The van der Waals surface area contributed by atoms with Crippen molar-refractivity contribution in [1.29, 1.82) is 0 Å². The van der Waals surface area contributed by atoms with Crippen LogP contribution in [-0.2, 0) is 0 Å². The van der Waals surface area contributed by atoms with Gasteiger partial charge in [-0.3, -0.25) is 0 Å². The van der Waals surface area contributed by atoms with E-state index in [2.05, 4.69) is 15.6 Å². The summed E-state index contributed by atoms with van der Waals surface area (Å²) in [4.78, 5) is 0. The maximum Gasteiger partial charge on any atom is 0.138 e. The molecule has 0 amide bonds. The first-order chi connectivity index (χ1) is 11.2. The van der Waals surface area contributed by atoms with E-state index < -0.39 is 6.04 Å². The van der Waals surface area contributed by atoms with Gasteiger partial charge in [-0.2, -0.15) is 0 Å². The number of nitrogens with one attached hydrogen (secondary N) is 1. The van der Waals surface area contributed by atoms with Crippen molar-refractivity contribution >= 4 is 11.6 Å². The third-order valence-corrected chi connectivity index (χ3v) is 3.68. The van der Waals surface area contributed by atoms with E-state index in [1.54, 1.807) is 30.0 Å². The van der Waals surface area contributed by atoms with Crippen LogP contribution >= 0.6 is 11.6 Å². The number of ether oxygens (including phenoxy) is 1. The van der Waals surface area contributed by atoms with Crippen LogP contribution in [0, 0.1) is 0 Å². The van der Waals surface area contributed by atoms with Crippen LogP contribution in [-0.4, -0.2) is 27.1 Å². The highest BCUT2D eigenvalue weighted by Gasteiger charge is 2.21. The number of benzene rings is 2. The number of rotatable bonds is 5. The fourth-order valence-corrected chi connectivity index (χ4v) is 2.57. The number of hydrogen-bond acceptors (Lipinski definition) is 5. The minimum Gasteiger partial charge on any atom is -0.508 e. The Kier molecular flexibility index (Phi) is 4.34. The van der Waals surface area contributed by atoms with Crippen molar-refractivity contribution in [3.8, 4) is 11.5 Å². The molecule has 1 aromatic heterocycles. The van der Waals surface area contributed by atoms with E-state index in [1.165, 1.54) is 12.7 Å². The second-order valence-corrected chi connectivity index (χ2v) is 5.31. The Morgan fingerprint density at radius 2 is 1.87 bits per heavy atom. The highest BCUT2D eigenvalue weighted by molar-refractivity contribution is 6.30. The van der Waals surface area contributed by atoms with Crippen molar-refractivity contribution in [3.05, 3.63) is 71.3 Å². The Hall–Kier alpha value is -2.73. The minimum atomic E-state index is -0.402. The van der Waals surface area contributed by atoms with Crippen LogP contribution in [0.25, 0.3) is 0 Å². The predicted octanol–water partition coefficient (Wildman–Crippen LogP) is 2.98. The fraction of sp³-hybridized carbons (Fsp3) is 0.125. The molecule has 0 aliphatic carbocycles. The van der Waals surface area contributed by atoms with E-state index in [0.717, 1.165) is 5.56 Å². The number of nitrogens with zero attached hydrogens (tertiary/aromatic N) is 3. The Labute approximate surface area is 138 Å². The number of halogens is 1. The van der Waals surface area contributed by atoms with Crippen LogP contribution in [0.15, 0.2) is 55.1 Å². The van der Waals surface area contributed by atoms with Gasteiger partial charge < -0.3 is 15.3 Å². The molecule has 0 fully saturated rings. The molecule has 0 bridgehead atoms. The summed E-state index contributed by atoms with van der Waals surface area (Å²) in [6, 6.07) is 12.1. The van der Waals surface area contributed by atoms with Gasteiger partial charge >= 0.3 is 0 Å². The van der Waals surface area contributed by atoms with Crippen molar-refractivity contribution in [1.82, 2.24) is 14.9 Å². The molecule has 1 heterocycles. The van der Waals surface area contributed by atoms with E-state index in [9.17, 15) is 5.11 Å². The van der Waals surface area contributed by atoms with Gasteiger partial charge in [0.1, 0.15) is 24.2 Å². The molecule has 6 nitrogen and oxygen atoms in total. The zero-order chi connectivity index (χ0) is 16.2. The Balaban J connectivity index is 2.11. The van der Waals surface area contributed by atoms with Crippen molar-refractivity contribution in [2.75, 3.05) is 12.5 Å². The summed E-state index contributed by atoms with van der Waals surface area (Å²) in [7, 11) is 1.60. The summed E-state index contributed by atoms with van der Waals surface area (Å²) in [5.74, 6) is 0.823. The summed E-state index contributed by atoms with van der Waals surface area (Å²) >= 11 is 6.10. The molecule has 2 N–H and O–H groups in total. The highest BCUT2D eigenvalue weighted by atomic mass is 35.5. The van der Waals surface area contributed by atoms with Gasteiger partial charge in [0, 0.05) is 16.1 Å². The number of phenols is 1. The third-order valence-electron chi connectivity index (χ3n) is 3.45. The summed E-state index contributed by atoms with van der Waals surface area (Å²) in [6.07, 6.45) is 3.06. The van der Waals surface area contributed by atoms with E-state index in [0.29, 0.717) is 16.3 Å². The highest BCUT2D eigenvalue weighted by Crippen LogP contribution is 2.36. The molecule has 0 saturated heterocycles. The van der Waals surface area contributed by atoms with E-state index in [-0.39, 0.29) is 5.75 Å². The largest absolute Gasteiger partial charge is 0.508 e. The van der Waals surface area contributed by atoms with Gasteiger partial charge in [0.05, 0.1) is 13.2 Å². The van der Waals surface area contributed by atoms with Crippen LogP contribution in [0.5, 0.6) is 11.5 Å². The van der Waals surface area contributed by atoms with Gasteiger partial charge in [-0.05, 0) is 24.3 Å². The molecule has 7 heteroatoms. The average molecular weight is 331 g/mol. The molecule has 3 rings (SSSR count). The lowest BCUT2D eigenvalue weighted by atomic mass is 9.97. The quantitative estimate of drug-likeness (QED) is 0.752. The van der Waals surface area contributed by atoms with Crippen LogP contribution in [0.2, 0.25) is 5.02 Å². The number of hydrogen-bond donors (Lipinski definition) is 2. The molecule has 0 unspecified atom stereocenters. The molecule has 0 aliphatic heterocycles. The second-order valence-electron chi connectivity index (χ2n) is 4.88. The molecule has 23 heavy (non-hydrogen) atoms. The van der Waals surface area contributed by atoms with E-state index in [4.69, 9.17) is 16.3 Å². The normalized spacial score (nSPS) is 11.9. The molecule has 0 spiro atoms. The van der Waals surface area contributed by atoms with Crippen molar-refractivity contribution in [2.24, 2.45) is 0 Å². The summed E-state index contributed by atoms with van der Waals surface area (Å²) < 4.78 is 7.05. The predicted molar refractivity (Wildman–Crippen MR) is 87.3 cm³/mol. The molecular weight excluding hydrogens is 316 g/mol. The van der Waals surface area contributed by atoms with Gasteiger partial charge in [0.2, 0.25) is 0 Å². The van der Waals surface area contributed by atoms with Gasteiger partial charge in [-0.25, -0.2) is 4.68 Å². The lowest BCUT2D eigenvalue weighted by Gasteiger charge is -2.23. The molecule has 0 saturated carbocycles. The monoisotopic (exact) mass is 330 g/mol. The standard InChI is InChI=1S/C16H15ClN4O2/c1-23-15-5-3-2-4-12(15)16(20-21-9-18-19-10-21)13-8-11(17)6-7-14(13)22/h2-10,16,20,22H,1H3/t16-/m1/s1. The SMILES string of the molecule is COc1ccccc1[C@@H](Nn1cnnc1)c1cc(Cl)ccc1O. The van der Waals surface area contributed by atoms with Gasteiger partial charge in [-0.1, -0.05) is 29.8 Å². The maximum absolute atomic E-state index is 10.3. The molecule has 2 aromatic carbocycles. The smallest absolute Gasteiger partial charge is 0.138 e. The zero-order valence-electron chi connectivity index (χ0n) is 12.3. The number of phenolic OH excluding ortho intramolecular Hbond substituents is 1. The first-order valence-electron chi connectivity index (χ1n) is 6.91. The van der Waals surface area contributed by atoms with Gasteiger partial charge in [0.15, 0.2) is 0 Å². The molecule has 0 radical (unpaired) electrons. The van der Waals surface area contributed by atoms with Crippen LogP contribution in [0.1, 0.15) is 17.2 Å². The number of para-hydroxylation sites is 1. The minimum absolute atomic E-state index is 0.130. The Morgan fingerprint density at radius 3 is 2.61 bits per heavy atom. The lowest BCUT2D eigenvalue weighted by molar-refractivity contribution is 0.406. The van der Waals surface area contributed by atoms with Crippen molar-refractivity contribution in [3.63, 3.8) is 0 Å². The van der Waals surface area contributed by atoms with E-state index in [1.807, 2.05) is 24.3 Å². The molecule has 3 aromatic rings. The van der Waals surface area contributed by atoms with Crippen molar-refractivity contribution < 1.29 is 9.84 Å². The molecule has 118 valence electrons. The lowest BCUT2D eigenvalue weighted by Crippen LogP contribution is -2.21. The Morgan fingerprint density at radius 1 is 1.13 bits per heavy atom. The van der Waals surface area contributed by atoms with Crippen LogP contribution < -0.4 is 10.2 Å². The molecule has 1 atom stereocenters. The number of methoxy groups -OCH3 is 1. The maximum atomic E-state index is 10.3. The third kappa shape index (κ3) is 3.22. The number of aromatic nitrogens is 3. The number of aromatic hydroxyl groups is 1. The Bertz CT molecular complexity index is 793.